The average Bonchev–Trinajstić information content (AvgIpc) is 2.40. The first kappa shape index (κ1) is 14.2. The zero-order chi connectivity index (χ0) is 13.8. The van der Waals surface area contributed by atoms with Gasteiger partial charge in [0.25, 0.3) is 5.91 Å². The number of carbonyl (C=O) groups excluding carboxylic acids is 1. The third-order valence-electron chi connectivity index (χ3n) is 3.71. The van der Waals surface area contributed by atoms with Gasteiger partial charge < -0.3 is 15.7 Å². The maximum atomic E-state index is 12.0. The van der Waals surface area contributed by atoms with Gasteiger partial charge in [0.2, 0.25) is 0 Å². The van der Waals surface area contributed by atoms with E-state index in [0.29, 0.717) is 29.0 Å². The number of rotatable bonds is 3. The number of amides is 1. The lowest BCUT2D eigenvalue weighted by Crippen LogP contribution is -2.42. The molecule has 4 nitrogen and oxygen atoms in total. The van der Waals surface area contributed by atoms with E-state index in [1.807, 2.05) is 0 Å². The molecule has 0 aromatic heterocycles. The highest BCUT2D eigenvalue weighted by Crippen LogP contribution is 2.22. The smallest absolute Gasteiger partial charge is 0.252 e. The van der Waals surface area contributed by atoms with E-state index in [1.165, 1.54) is 18.2 Å². The second kappa shape index (κ2) is 6.26. The molecular weight excluding hydrogens is 264 g/mol. The molecule has 1 aliphatic rings. The molecule has 1 heterocycles. The molecular formula is C14H19ClN2O2. The number of aromatic hydroxyl groups is 1. The SMILES string of the molecule is CC1CCNCC1CNC(=O)c1cc(O)ccc1Cl. The van der Waals surface area contributed by atoms with Crippen molar-refractivity contribution in [2.75, 3.05) is 19.6 Å². The van der Waals surface area contributed by atoms with Crippen molar-refractivity contribution in [1.82, 2.24) is 10.6 Å². The number of nitrogens with one attached hydrogen (secondary N) is 2. The van der Waals surface area contributed by atoms with Gasteiger partial charge in [0.15, 0.2) is 0 Å². The fraction of sp³-hybridized carbons (Fsp3) is 0.500. The lowest BCUT2D eigenvalue weighted by atomic mass is 9.88. The first-order valence-corrected chi connectivity index (χ1v) is 6.93. The third kappa shape index (κ3) is 3.61. The predicted molar refractivity (Wildman–Crippen MR) is 75.6 cm³/mol. The first-order valence-electron chi connectivity index (χ1n) is 6.55. The number of halogens is 1. The monoisotopic (exact) mass is 282 g/mol. The van der Waals surface area contributed by atoms with Crippen molar-refractivity contribution < 1.29 is 9.90 Å². The molecule has 1 amide bonds. The summed E-state index contributed by atoms with van der Waals surface area (Å²) in [7, 11) is 0. The summed E-state index contributed by atoms with van der Waals surface area (Å²) in [6.07, 6.45) is 1.13. The molecule has 2 rings (SSSR count). The fourth-order valence-electron chi connectivity index (χ4n) is 2.33. The summed E-state index contributed by atoms with van der Waals surface area (Å²) in [5.41, 5.74) is 0.318. The van der Waals surface area contributed by atoms with Crippen LogP contribution in [0.3, 0.4) is 0 Å². The molecule has 1 aliphatic heterocycles. The Morgan fingerprint density at radius 2 is 2.37 bits per heavy atom. The van der Waals surface area contributed by atoms with Crippen molar-refractivity contribution >= 4 is 17.5 Å². The lowest BCUT2D eigenvalue weighted by molar-refractivity contribution is 0.0938. The van der Waals surface area contributed by atoms with Crippen LogP contribution in [-0.2, 0) is 0 Å². The van der Waals surface area contributed by atoms with E-state index in [1.54, 1.807) is 0 Å². The summed E-state index contributed by atoms with van der Waals surface area (Å²) in [5.74, 6) is 0.843. The van der Waals surface area contributed by atoms with Crippen LogP contribution in [0.2, 0.25) is 5.02 Å². The van der Waals surface area contributed by atoms with Crippen molar-refractivity contribution in [3.05, 3.63) is 28.8 Å². The van der Waals surface area contributed by atoms with Gasteiger partial charge in [0, 0.05) is 6.54 Å². The summed E-state index contributed by atoms with van der Waals surface area (Å²) >= 11 is 5.96. The van der Waals surface area contributed by atoms with Gasteiger partial charge >= 0.3 is 0 Å². The number of benzene rings is 1. The second-order valence-electron chi connectivity index (χ2n) is 5.10. The van der Waals surface area contributed by atoms with Gasteiger partial charge in [0.1, 0.15) is 5.75 Å². The number of phenolic OH excluding ortho intramolecular Hbond substituents is 1. The van der Waals surface area contributed by atoms with Crippen LogP contribution in [0.5, 0.6) is 5.75 Å². The summed E-state index contributed by atoms with van der Waals surface area (Å²) in [5, 5.41) is 16.0. The Hall–Kier alpha value is -1.26. The molecule has 1 saturated heterocycles. The van der Waals surface area contributed by atoms with Crippen molar-refractivity contribution in [1.29, 1.82) is 0 Å². The Balaban J connectivity index is 1.95. The van der Waals surface area contributed by atoms with Crippen molar-refractivity contribution in [3.63, 3.8) is 0 Å². The van der Waals surface area contributed by atoms with Gasteiger partial charge in [0.05, 0.1) is 10.6 Å². The second-order valence-corrected chi connectivity index (χ2v) is 5.51. The number of hydrogen-bond donors (Lipinski definition) is 3. The largest absolute Gasteiger partial charge is 0.508 e. The first-order chi connectivity index (χ1) is 9.08. The number of carbonyl (C=O) groups is 1. The van der Waals surface area contributed by atoms with Crippen LogP contribution in [-0.4, -0.2) is 30.6 Å². The van der Waals surface area contributed by atoms with Crippen LogP contribution in [0.4, 0.5) is 0 Å². The van der Waals surface area contributed by atoms with E-state index in [4.69, 9.17) is 11.6 Å². The molecule has 0 bridgehead atoms. The summed E-state index contributed by atoms with van der Waals surface area (Å²) < 4.78 is 0. The average molecular weight is 283 g/mol. The highest BCUT2D eigenvalue weighted by atomic mass is 35.5. The highest BCUT2D eigenvalue weighted by molar-refractivity contribution is 6.33. The molecule has 0 aliphatic carbocycles. The molecule has 2 unspecified atom stereocenters. The van der Waals surface area contributed by atoms with Crippen molar-refractivity contribution in [2.45, 2.75) is 13.3 Å². The van der Waals surface area contributed by atoms with E-state index >= 15 is 0 Å². The summed E-state index contributed by atoms with van der Waals surface area (Å²) in [6.45, 7) is 4.80. The minimum Gasteiger partial charge on any atom is -0.508 e. The minimum absolute atomic E-state index is 0.0438. The summed E-state index contributed by atoms with van der Waals surface area (Å²) in [6, 6.07) is 4.38. The van der Waals surface area contributed by atoms with Crippen LogP contribution < -0.4 is 10.6 Å². The maximum absolute atomic E-state index is 12.0. The molecule has 3 N–H and O–H groups in total. The maximum Gasteiger partial charge on any atom is 0.252 e. The van der Waals surface area contributed by atoms with Gasteiger partial charge in [-0.05, 0) is 49.5 Å². The molecule has 1 aromatic rings. The van der Waals surface area contributed by atoms with E-state index in [9.17, 15) is 9.90 Å². The topological polar surface area (TPSA) is 61.4 Å². The molecule has 5 heteroatoms. The van der Waals surface area contributed by atoms with Crippen molar-refractivity contribution in [3.8, 4) is 5.75 Å². The predicted octanol–water partition coefficient (Wildman–Crippen LogP) is 2.02. The van der Waals surface area contributed by atoms with E-state index < -0.39 is 0 Å². The zero-order valence-electron chi connectivity index (χ0n) is 10.9. The van der Waals surface area contributed by atoms with Crippen molar-refractivity contribution in [2.24, 2.45) is 11.8 Å². The Bertz CT molecular complexity index is 465. The van der Waals surface area contributed by atoms with E-state index in [-0.39, 0.29) is 11.7 Å². The standard InChI is InChI=1S/C14H19ClN2O2/c1-9-4-5-16-7-10(9)8-17-14(19)12-6-11(18)2-3-13(12)15/h2-3,6,9-10,16,18H,4-5,7-8H2,1H3,(H,17,19). The summed E-state index contributed by atoms with van der Waals surface area (Å²) in [4.78, 5) is 12.0. The van der Waals surface area contributed by atoms with Crippen LogP contribution in [0.15, 0.2) is 18.2 Å². The van der Waals surface area contributed by atoms with Crippen LogP contribution in [0, 0.1) is 11.8 Å². The van der Waals surface area contributed by atoms with Gasteiger partial charge in [-0.2, -0.15) is 0 Å². The molecule has 0 saturated carbocycles. The van der Waals surface area contributed by atoms with Crippen LogP contribution in [0.1, 0.15) is 23.7 Å². The zero-order valence-corrected chi connectivity index (χ0v) is 11.7. The Morgan fingerprint density at radius 3 is 3.11 bits per heavy atom. The highest BCUT2D eigenvalue weighted by Gasteiger charge is 2.22. The Morgan fingerprint density at radius 1 is 1.58 bits per heavy atom. The Labute approximate surface area is 118 Å². The molecule has 1 fully saturated rings. The number of phenols is 1. The molecule has 0 radical (unpaired) electrons. The lowest BCUT2D eigenvalue weighted by Gasteiger charge is -2.29. The molecule has 2 atom stereocenters. The molecule has 0 spiro atoms. The van der Waals surface area contributed by atoms with E-state index in [0.717, 1.165) is 19.5 Å². The fourth-order valence-corrected chi connectivity index (χ4v) is 2.54. The van der Waals surface area contributed by atoms with Gasteiger partial charge in [-0.1, -0.05) is 18.5 Å². The van der Waals surface area contributed by atoms with Crippen LogP contribution >= 0.6 is 11.6 Å². The quantitative estimate of drug-likeness (QED) is 0.795. The van der Waals surface area contributed by atoms with E-state index in [2.05, 4.69) is 17.6 Å². The van der Waals surface area contributed by atoms with Gasteiger partial charge in [-0.3, -0.25) is 4.79 Å². The van der Waals surface area contributed by atoms with Gasteiger partial charge in [-0.15, -0.1) is 0 Å². The third-order valence-corrected chi connectivity index (χ3v) is 4.04. The molecule has 1 aromatic carbocycles. The molecule has 104 valence electrons. The molecule has 19 heavy (non-hydrogen) atoms. The number of piperidine rings is 1. The Kier molecular flexibility index (Phi) is 4.66. The van der Waals surface area contributed by atoms with Crippen LogP contribution in [0.25, 0.3) is 0 Å². The normalized spacial score (nSPS) is 23.1. The minimum atomic E-state index is -0.237. The van der Waals surface area contributed by atoms with Gasteiger partial charge in [-0.25, -0.2) is 0 Å². The number of hydrogen-bond acceptors (Lipinski definition) is 3.